The second-order valence-electron chi connectivity index (χ2n) is 8.10. The number of carbonyl (C=O) groups is 1. The zero-order valence-electron chi connectivity index (χ0n) is 17.9. The first-order chi connectivity index (χ1) is 16.1. The molecule has 8 heteroatoms. The summed E-state index contributed by atoms with van der Waals surface area (Å²) in [6.07, 6.45) is 4.19. The van der Waals surface area contributed by atoms with Crippen molar-refractivity contribution in [3.05, 3.63) is 82.9 Å². The van der Waals surface area contributed by atoms with Crippen LogP contribution in [-0.2, 0) is 11.3 Å². The Labute approximate surface area is 190 Å². The number of hydrogen-bond donors (Lipinski definition) is 2. The quantitative estimate of drug-likeness (QED) is 0.455. The van der Waals surface area contributed by atoms with Crippen molar-refractivity contribution < 1.29 is 10.0 Å². The van der Waals surface area contributed by atoms with Crippen molar-refractivity contribution in [3.63, 3.8) is 0 Å². The number of nitrogens with one attached hydrogen (secondary N) is 1. The number of nitrogens with zero attached hydrogens (tertiary/aromatic N) is 4. The molecule has 0 aliphatic carbocycles. The molecule has 2 aromatic carbocycles. The molecule has 0 bridgehead atoms. The third-order valence-corrected chi connectivity index (χ3v) is 5.83. The van der Waals surface area contributed by atoms with Gasteiger partial charge < -0.3 is 15.4 Å². The van der Waals surface area contributed by atoms with Crippen LogP contribution >= 0.6 is 0 Å². The SMILES string of the molecule is O=C1CCCCN1Cc1cccc(-c2ccc(Nc3nc(=O)n(O)c4ncccc34)cc2)c1. The molecular formula is C25H23N5O3. The van der Waals surface area contributed by atoms with Crippen molar-refractivity contribution in [2.75, 3.05) is 11.9 Å². The van der Waals surface area contributed by atoms with Crippen LogP contribution < -0.4 is 11.0 Å². The average molecular weight is 441 g/mol. The fourth-order valence-corrected chi connectivity index (χ4v) is 4.12. The predicted molar refractivity (Wildman–Crippen MR) is 125 cm³/mol. The van der Waals surface area contributed by atoms with Crippen molar-refractivity contribution in [2.24, 2.45) is 0 Å². The minimum absolute atomic E-state index is 0.139. The van der Waals surface area contributed by atoms with Gasteiger partial charge in [0.15, 0.2) is 5.65 Å². The maximum atomic E-state index is 12.1. The van der Waals surface area contributed by atoms with Crippen molar-refractivity contribution in [2.45, 2.75) is 25.8 Å². The molecule has 1 amide bonds. The Balaban J connectivity index is 1.37. The first kappa shape index (κ1) is 20.7. The van der Waals surface area contributed by atoms with Gasteiger partial charge in [-0.25, -0.2) is 9.78 Å². The summed E-state index contributed by atoms with van der Waals surface area (Å²) in [5.74, 6) is 0.557. The highest BCUT2D eigenvalue weighted by molar-refractivity contribution is 5.88. The number of likely N-dealkylation sites (tertiary alicyclic amines) is 1. The maximum Gasteiger partial charge on any atom is 0.384 e. The highest BCUT2D eigenvalue weighted by Gasteiger charge is 2.18. The van der Waals surface area contributed by atoms with Gasteiger partial charge in [0.1, 0.15) is 5.82 Å². The Morgan fingerprint density at radius 3 is 2.64 bits per heavy atom. The number of hydrogen-bond acceptors (Lipinski definition) is 6. The largest absolute Gasteiger partial charge is 0.422 e. The Bertz CT molecular complexity index is 1380. The molecule has 2 aromatic heterocycles. The van der Waals surface area contributed by atoms with E-state index < -0.39 is 5.69 Å². The van der Waals surface area contributed by atoms with E-state index >= 15 is 0 Å². The third-order valence-electron chi connectivity index (χ3n) is 5.83. The smallest absolute Gasteiger partial charge is 0.384 e. The van der Waals surface area contributed by atoms with E-state index in [1.54, 1.807) is 12.1 Å². The standard InChI is InChI=1S/C25H23N5O3/c31-22-8-1-2-14-29(22)16-17-5-3-6-19(15-17)18-9-11-20(12-10-18)27-23-21-7-4-13-26-24(21)30(33)25(32)28-23/h3-7,9-13,15,33H,1-2,8,14,16H2,(H,27,28,32). The molecular weight excluding hydrogens is 418 g/mol. The van der Waals surface area contributed by atoms with Crippen LogP contribution in [0.25, 0.3) is 22.2 Å². The van der Waals surface area contributed by atoms with Crippen LogP contribution in [0.3, 0.4) is 0 Å². The van der Waals surface area contributed by atoms with Crippen LogP contribution in [0.1, 0.15) is 24.8 Å². The fourth-order valence-electron chi connectivity index (χ4n) is 4.12. The minimum atomic E-state index is -0.802. The summed E-state index contributed by atoms with van der Waals surface area (Å²) in [6, 6.07) is 19.5. The first-order valence-corrected chi connectivity index (χ1v) is 10.9. The van der Waals surface area contributed by atoms with Gasteiger partial charge in [0, 0.05) is 31.4 Å². The summed E-state index contributed by atoms with van der Waals surface area (Å²) in [6.45, 7) is 1.46. The van der Waals surface area contributed by atoms with Gasteiger partial charge in [-0.05, 0) is 59.9 Å². The number of amides is 1. The molecule has 5 rings (SSSR count). The number of carbonyl (C=O) groups excluding carboxylic acids is 1. The zero-order chi connectivity index (χ0) is 22.8. The molecule has 1 aliphatic heterocycles. The van der Waals surface area contributed by atoms with Gasteiger partial charge in [0.2, 0.25) is 5.91 Å². The number of anilines is 2. The lowest BCUT2D eigenvalue weighted by molar-refractivity contribution is -0.133. The number of rotatable bonds is 5. The average Bonchev–Trinajstić information content (AvgIpc) is 2.84. The van der Waals surface area contributed by atoms with E-state index in [0.29, 0.717) is 28.9 Å². The molecule has 1 saturated heterocycles. The second kappa shape index (κ2) is 8.74. The van der Waals surface area contributed by atoms with Gasteiger partial charge in [0.05, 0.1) is 5.39 Å². The summed E-state index contributed by atoms with van der Waals surface area (Å²) < 4.78 is 0.439. The maximum absolute atomic E-state index is 12.1. The lowest BCUT2D eigenvalue weighted by Gasteiger charge is -2.26. The summed E-state index contributed by atoms with van der Waals surface area (Å²) in [4.78, 5) is 34.0. The fraction of sp³-hybridized carbons (Fsp3) is 0.200. The number of pyridine rings is 1. The highest BCUT2D eigenvalue weighted by Crippen LogP contribution is 2.26. The van der Waals surface area contributed by atoms with Crippen molar-refractivity contribution in [1.82, 2.24) is 19.6 Å². The highest BCUT2D eigenvalue weighted by atomic mass is 16.5. The Hall–Kier alpha value is -4.20. The summed E-state index contributed by atoms with van der Waals surface area (Å²) in [5.41, 5.74) is 3.31. The van der Waals surface area contributed by atoms with Gasteiger partial charge in [-0.2, -0.15) is 4.98 Å². The Morgan fingerprint density at radius 1 is 0.970 bits per heavy atom. The normalized spacial score (nSPS) is 13.9. The molecule has 0 spiro atoms. The summed E-state index contributed by atoms with van der Waals surface area (Å²) >= 11 is 0. The Morgan fingerprint density at radius 2 is 1.82 bits per heavy atom. The van der Waals surface area contributed by atoms with Crippen LogP contribution in [0.15, 0.2) is 71.7 Å². The molecule has 4 aromatic rings. The van der Waals surface area contributed by atoms with Crippen LogP contribution in [0.5, 0.6) is 0 Å². The molecule has 0 unspecified atom stereocenters. The molecule has 0 atom stereocenters. The summed E-state index contributed by atoms with van der Waals surface area (Å²) in [7, 11) is 0. The van der Waals surface area contributed by atoms with Gasteiger partial charge in [0.25, 0.3) is 0 Å². The van der Waals surface area contributed by atoms with Gasteiger partial charge in [-0.15, -0.1) is 4.73 Å². The van der Waals surface area contributed by atoms with E-state index in [-0.39, 0.29) is 11.6 Å². The number of fused-ring (bicyclic) bond motifs is 1. The zero-order valence-corrected chi connectivity index (χ0v) is 17.9. The van der Waals surface area contributed by atoms with E-state index in [2.05, 4.69) is 27.4 Å². The van der Waals surface area contributed by atoms with Crippen LogP contribution in [0.4, 0.5) is 11.5 Å². The molecule has 166 valence electrons. The Kier molecular flexibility index (Phi) is 5.48. The third kappa shape index (κ3) is 4.27. The van der Waals surface area contributed by atoms with Crippen LogP contribution in [0.2, 0.25) is 0 Å². The van der Waals surface area contributed by atoms with E-state index in [1.807, 2.05) is 41.3 Å². The van der Waals surface area contributed by atoms with Gasteiger partial charge >= 0.3 is 5.69 Å². The molecule has 1 aliphatic rings. The molecule has 8 nitrogen and oxygen atoms in total. The van der Waals surface area contributed by atoms with E-state index in [0.717, 1.165) is 41.8 Å². The number of benzene rings is 2. The van der Waals surface area contributed by atoms with Gasteiger partial charge in [-0.3, -0.25) is 4.79 Å². The van der Waals surface area contributed by atoms with Gasteiger partial charge in [-0.1, -0.05) is 30.3 Å². The van der Waals surface area contributed by atoms with E-state index in [1.165, 1.54) is 6.20 Å². The predicted octanol–water partition coefficient (Wildman–Crippen LogP) is 3.95. The lowest BCUT2D eigenvalue weighted by atomic mass is 10.0. The van der Waals surface area contributed by atoms with E-state index in [9.17, 15) is 14.8 Å². The number of piperidine rings is 1. The van der Waals surface area contributed by atoms with Crippen molar-refractivity contribution in [3.8, 4) is 11.1 Å². The summed E-state index contributed by atoms with van der Waals surface area (Å²) in [5, 5.41) is 13.6. The van der Waals surface area contributed by atoms with Crippen LogP contribution in [-0.4, -0.2) is 37.3 Å². The molecule has 2 N–H and O–H groups in total. The first-order valence-electron chi connectivity index (χ1n) is 10.9. The molecule has 3 heterocycles. The second-order valence-corrected chi connectivity index (χ2v) is 8.10. The number of aromatic nitrogens is 3. The lowest BCUT2D eigenvalue weighted by Crippen LogP contribution is -2.34. The minimum Gasteiger partial charge on any atom is -0.422 e. The van der Waals surface area contributed by atoms with E-state index in [4.69, 9.17) is 0 Å². The van der Waals surface area contributed by atoms with Crippen LogP contribution in [0, 0.1) is 0 Å². The van der Waals surface area contributed by atoms with Crippen molar-refractivity contribution >= 4 is 28.4 Å². The molecule has 1 fully saturated rings. The topological polar surface area (TPSA) is 100 Å². The molecule has 0 radical (unpaired) electrons. The molecule has 33 heavy (non-hydrogen) atoms. The van der Waals surface area contributed by atoms with Crippen molar-refractivity contribution in [1.29, 1.82) is 0 Å². The monoisotopic (exact) mass is 441 g/mol. The molecule has 0 saturated carbocycles.